The molecule has 3 aromatic heterocycles. The van der Waals surface area contributed by atoms with Crippen molar-refractivity contribution < 1.29 is 5.11 Å². The van der Waals surface area contributed by atoms with Crippen molar-refractivity contribution in [3.63, 3.8) is 0 Å². The van der Waals surface area contributed by atoms with E-state index in [0.717, 1.165) is 53.1 Å². The van der Waals surface area contributed by atoms with Gasteiger partial charge in [0.1, 0.15) is 10.6 Å². The van der Waals surface area contributed by atoms with Gasteiger partial charge in [-0.15, -0.1) is 11.3 Å². The number of rotatable bonds is 3. The predicted molar refractivity (Wildman–Crippen MR) is 121 cm³/mol. The van der Waals surface area contributed by atoms with Crippen molar-refractivity contribution >= 4 is 38.7 Å². The molecule has 1 N–H and O–H groups in total. The number of aromatic nitrogens is 2. The Kier molecular flexibility index (Phi) is 4.18. The molecule has 0 radical (unpaired) electrons. The fourth-order valence-corrected chi connectivity index (χ4v) is 6.53. The molecule has 0 spiro atoms. The van der Waals surface area contributed by atoms with Crippen LogP contribution < -0.4 is 4.90 Å². The third kappa shape index (κ3) is 2.89. The monoisotopic (exact) mass is 419 g/mol. The van der Waals surface area contributed by atoms with Gasteiger partial charge in [0.2, 0.25) is 0 Å². The average Bonchev–Trinajstić information content (AvgIpc) is 3.46. The quantitative estimate of drug-likeness (QED) is 0.471. The van der Waals surface area contributed by atoms with Gasteiger partial charge in [0.25, 0.3) is 0 Å². The number of anilines is 1. The van der Waals surface area contributed by atoms with Crippen LogP contribution in [0.5, 0.6) is 0 Å². The lowest BCUT2D eigenvalue weighted by Gasteiger charge is -2.38. The molecule has 6 heteroatoms. The summed E-state index contributed by atoms with van der Waals surface area (Å²) in [5, 5.41) is 17.9. The maximum Gasteiger partial charge on any atom is 0.163 e. The first-order valence-electron chi connectivity index (χ1n) is 10.1. The fourth-order valence-electron chi connectivity index (χ4n) is 4.96. The standard InChI is InChI=1S/C23H21N3OS2/c27-18-10-16-6-7-17(11-18)26(16)22-20-19(14-4-2-1-3-5-14)13-29-23(20)25-21(24-22)15-8-9-28-12-15/h1-5,8-9,12-13,16-18,27H,6-7,10-11H2. The van der Waals surface area contributed by atoms with Gasteiger partial charge >= 0.3 is 0 Å². The summed E-state index contributed by atoms with van der Waals surface area (Å²) in [4.78, 5) is 13.6. The number of thiophene rings is 2. The Hall–Kier alpha value is -2.28. The van der Waals surface area contributed by atoms with E-state index in [2.05, 4.69) is 57.4 Å². The highest BCUT2D eigenvalue weighted by Gasteiger charge is 2.42. The maximum absolute atomic E-state index is 10.3. The van der Waals surface area contributed by atoms with Crippen LogP contribution in [0.25, 0.3) is 32.7 Å². The van der Waals surface area contributed by atoms with E-state index in [0.29, 0.717) is 12.1 Å². The third-order valence-electron chi connectivity index (χ3n) is 6.23. The van der Waals surface area contributed by atoms with E-state index >= 15 is 0 Å². The largest absolute Gasteiger partial charge is 0.393 e. The highest BCUT2D eigenvalue weighted by molar-refractivity contribution is 7.17. The Labute approximate surface area is 177 Å². The van der Waals surface area contributed by atoms with Crippen LogP contribution in [0.1, 0.15) is 25.7 Å². The zero-order valence-corrected chi connectivity index (χ0v) is 17.5. The molecule has 2 bridgehead atoms. The van der Waals surface area contributed by atoms with Crippen LogP contribution in [0.4, 0.5) is 5.82 Å². The lowest BCUT2D eigenvalue weighted by molar-refractivity contribution is 0.126. The molecule has 2 unspecified atom stereocenters. The second kappa shape index (κ2) is 6.90. The van der Waals surface area contributed by atoms with Gasteiger partial charge in [0, 0.05) is 34.0 Å². The minimum atomic E-state index is -0.187. The van der Waals surface area contributed by atoms with Crippen LogP contribution in [-0.4, -0.2) is 33.3 Å². The number of hydrogen-bond donors (Lipinski definition) is 1. The number of piperidine rings is 1. The molecule has 0 amide bonds. The molecule has 5 heterocycles. The van der Waals surface area contributed by atoms with Crippen LogP contribution in [-0.2, 0) is 0 Å². The molecule has 146 valence electrons. The number of benzene rings is 1. The second-order valence-electron chi connectivity index (χ2n) is 8.00. The smallest absolute Gasteiger partial charge is 0.163 e. The van der Waals surface area contributed by atoms with Crippen molar-refractivity contribution in [1.29, 1.82) is 0 Å². The van der Waals surface area contributed by atoms with Gasteiger partial charge in [0.15, 0.2) is 5.82 Å². The summed E-state index contributed by atoms with van der Waals surface area (Å²) in [6.07, 6.45) is 3.74. The Morgan fingerprint density at radius 3 is 2.45 bits per heavy atom. The first-order chi connectivity index (χ1) is 14.3. The average molecular weight is 420 g/mol. The predicted octanol–water partition coefficient (Wildman–Crippen LogP) is 5.58. The summed E-state index contributed by atoms with van der Waals surface area (Å²) < 4.78 is 0. The van der Waals surface area contributed by atoms with E-state index < -0.39 is 0 Å². The van der Waals surface area contributed by atoms with E-state index in [4.69, 9.17) is 9.97 Å². The van der Waals surface area contributed by atoms with Gasteiger partial charge in [-0.3, -0.25) is 0 Å². The first kappa shape index (κ1) is 17.6. The molecular weight excluding hydrogens is 398 g/mol. The molecule has 0 saturated carbocycles. The van der Waals surface area contributed by atoms with Crippen LogP contribution in [0.3, 0.4) is 0 Å². The maximum atomic E-state index is 10.3. The number of nitrogens with zero attached hydrogens (tertiary/aromatic N) is 3. The fraction of sp³-hybridized carbons (Fsp3) is 0.304. The molecule has 1 aromatic carbocycles. The van der Waals surface area contributed by atoms with Crippen LogP contribution >= 0.6 is 22.7 Å². The number of aliphatic hydroxyl groups is 1. The minimum absolute atomic E-state index is 0.187. The van der Waals surface area contributed by atoms with Gasteiger partial charge in [-0.1, -0.05) is 30.3 Å². The van der Waals surface area contributed by atoms with Gasteiger partial charge in [-0.25, -0.2) is 9.97 Å². The van der Waals surface area contributed by atoms with Gasteiger partial charge in [-0.2, -0.15) is 11.3 Å². The molecule has 2 fully saturated rings. The molecule has 2 atom stereocenters. The van der Waals surface area contributed by atoms with Crippen LogP contribution in [0.15, 0.2) is 52.5 Å². The van der Waals surface area contributed by atoms with Gasteiger partial charge < -0.3 is 10.0 Å². The van der Waals surface area contributed by atoms with E-state index in [-0.39, 0.29) is 6.10 Å². The Balaban J connectivity index is 1.59. The van der Waals surface area contributed by atoms with E-state index in [9.17, 15) is 5.11 Å². The lowest BCUT2D eigenvalue weighted by atomic mass is 9.98. The van der Waals surface area contributed by atoms with Gasteiger partial charge in [-0.05, 0) is 42.7 Å². The summed E-state index contributed by atoms with van der Waals surface area (Å²) in [5.41, 5.74) is 3.50. The third-order valence-corrected chi connectivity index (χ3v) is 7.79. The van der Waals surface area contributed by atoms with Crippen molar-refractivity contribution in [2.45, 2.75) is 43.9 Å². The Morgan fingerprint density at radius 2 is 1.72 bits per heavy atom. The van der Waals surface area contributed by atoms with E-state index in [1.807, 2.05) is 0 Å². The number of aliphatic hydroxyl groups excluding tert-OH is 1. The summed E-state index contributed by atoms with van der Waals surface area (Å²) in [5.74, 6) is 1.86. The Morgan fingerprint density at radius 1 is 0.931 bits per heavy atom. The zero-order chi connectivity index (χ0) is 19.4. The summed E-state index contributed by atoms with van der Waals surface area (Å²) >= 11 is 3.37. The summed E-state index contributed by atoms with van der Waals surface area (Å²) in [6, 6.07) is 13.4. The summed E-state index contributed by atoms with van der Waals surface area (Å²) in [7, 11) is 0. The highest BCUT2D eigenvalue weighted by Crippen LogP contribution is 2.45. The molecular formula is C23H21N3OS2. The number of hydrogen-bond acceptors (Lipinski definition) is 6. The molecule has 2 aliphatic rings. The molecule has 0 aliphatic carbocycles. The highest BCUT2D eigenvalue weighted by atomic mass is 32.1. The SMILES string of the molecule is OC1CC2CCC(C1)N2c1nc(-c2ccsc2)nc2scc(-c3ccccc3)c12. The molecule has 6 rings (SSSR count). The number of fused-ring (bicyclic) bond motifs is 3. The van der Waals surface area contributed by atoms with E-state index in [1.165, 1.54) is 11.1 Å². The molecule has 4 aromatic rings. The van der Waals surface area contributed by atoms with E-state index in [1.54, 1.807) is 22.7 Å². The van der Waals surface area contributed by atoms with Crippen molar-refractivity contribution in [2.24, 2.45) is 0 Å². The van der Waals surface area contributed by atoms with Crippen molar-refractivity contribution in [3.05, 3.63) is 52.5 Å². The first-order valence-corrected chi connectivity index (χ1v) is 11.9. The summed E-state index contributed by atoms with van der Waals surface area (Å²) in [6.45, 7) is 0. The van der Waals surface area contributed by atoms with Crippen molar-refractivity contribution in [2.75, 3.05) is 4.90 Å². The molecule has 2 aliphatic heterocycles. The zero-order valence-electron chi connectivity index (χ0n) is 15.9. The second-order valence-corrected chi connectivity index (χ2v) is 9.63. The van der Waals surface area contributed by atoms with Gasteiger partial charge in [0.05, 0.1) is 11.5 Å². The van der Waals surface area contributed by atoms with Crippen LogP contribution in [0.2, 0.25) is 0 Å². The normalized spacial score (nSPS) is 23.8. The molecule has 2 saturated heterocycles. The topological polar surface area (TPSA) is 49.2 Å². The van der Waals surface area contributed by atoms with Crippen molar-refractivity contribution in [3.8, 4) is 22.5 Å². The molecule has 4 nitrogen and oxygen atoms in total. The van der Waals surface area contributed by atoms with Crippen LogP contribution in [0, 0.1) is 0 Å². The van der Waals surface area contributed by atoms with Crippen molar-refractivity contribution in [1.82, 2.24) is 9.97 Å². The molecule has 29 heavy (non-hydrogen) atoms. The minimum Gasteiger partial charge on any atom is -0.393 e. The lowest BCUT2D eigenvalue weighted by Crippen LogP contribution is -2.45. The Bertz CT molecular complexity index is 1140.